The van der Waals surface area contributed by atoms with E-state index in [2.05, 4.69) is 0 Å². The van der Waals surface area contributed by atoms with Crippen molar-refractivity contribution in [1.29, 1.82) is 0 Å². The molecular weight excluding hydrogens is 317 g/mol. The van der Waals surface area contributed by atoms with E-state index < -0.39 is 11.7 Å². The first-order valence-corrected chi connectivity index (χ1v) is 8.38. The molecule has 0 aliphatic heterocycles. The summed E-state index contributed by atoms with van der Waals surface area (Å²) in [6, 6.07) is 5.32. The summed E-state index contributed by atoms with van der Waals surface area (Å²) in [5.41, 5.74) is 0.573. The van der Waals surface area contributed by atoms with Gasteiger partial charge in [-0.2, -0.15) is 13.2 Å². The van der Waals surface area contributed by atoms with Gasteiger partial charge in [-0.3, -0.25) is 9.48 Å². The lowest BCUT2D eigenvalue weighted by Gasteiger charge is -2.27. The number of alkyl halides is 3. The summed E-state index contributed by atoms with van der Waals surface area (Å²) in [6.07, 6.45) is 0.569. The van der Waals surface area contributed by atoms with Crippen molar-refractivity contribution in [2.24, 2.45) is 7.05 Å². The van der Waals surface area contributed by atoms with Crippen molar-refractivity contribution in [2.75, 3.05) is 0 Å². The average Bonchev–Trinajstić information content (AvgIpc) is 3.25. The minimum Gasteiger partial charge on any atom is -0.284 e. The molecule has 0 atom stereocenters. The Balaban J connectivity index is 1.96. The molecule has 0 unspecified atom stereocenters. The zero-order valence-electron chi connectivity index (χ0n) is 13.4. The van der Waals surface area contributed by atoms with E-state index >= 15 is 0 Å². The topological polar surface area (TPSA) is 26.9 Å². The standard InChI is InChI=1S/C18H19F3N2O/c1-22-16(12-5-4-6-12)15(11-9-10-11)17(24)23(22)14-8-3-2-7-13(14)18(19,20)21/h2-3,7-8,11-12H,4-6,9-10H2,1H3. The molecule has 2 fully saturated rings. The van der Waals surface area contributed by atoms with Crippen molar-refractivity contribution in [3.63, 3.8) is 0 Å². The highest BCUT2D eigenvalue weighted by molar-refractivity contribution is 5.45. The zero-order valence-corrected chi connectivity index (χ0v) is 13.4. The molecule has 0 bridgehead atoms. The number of benzene rings is 1. The Hall–Kier alpha value is -1.98. The summed E-state index contributed by atoms with van der Waals surface area (Å²) in [4.78, 5) is 13.0. The summed E-state index contributed by atoms with van der Waals surface area (Å²) in [5, 5.41) is 0. The summed E-state index contributed by atoms with van der Waals surface area (Å²) >= 11 is 0. The predicted octanol–water partition coefficient (Wildman–Crippen LogP) is 4.34. The van der Waals surface area contributed by atoms with Gasteiger partial charge in [0, 0.05) is 24.2 Å². The molecule has 0 saturated heterocycles. The maximum atomic E-state index is 13.4. The van der Waals surface area contributed by atoms with E-state index in [-0.39, 0.29) is 17.2 Å². The van der Waals surface area contributed by atoms with Gasteiger partial charge < -0.3 is 0 Å². The fourth-order valence-corrected chi connectivity index (χ4v) is 3.73. The molecule has 2 aromatic rings. The van der Waals surface area contributed by atoms with Crippen molar-refractivity contribution in [3.8, 4) is 5.69 Å². The van der Waals surface area contributed by atoms with Crippen molar-refractivity contribution in [1.82, 2.24) is 9.36 Å². The Labute approximate surface area is 137 Å². The second kappa shape index (κ2) is 5.26. The van der Waals surface area contributed by atoms with Crippen molar-refractivity contribution in [2.45, 2.75) is 50.1 Å². The normalized spacial score (nSPS) is 18.7. The number of halogens is 3. The van der Waals surface area contributed by atoms with Crippen LogP contribution in [0.1, 0.15) is 60.8 Å². The monoisotopic (exact) mass is 336 g/mol. The maximum absolute atomic E-state index is 13.4. The highest BCUT2D eigenvalue weighted by Gasteiger charge is 2.39. The van der Waals surface area contributed by atoms with E-state index in [1.165, 1.54) is 16.8 Å². The number of hydrogen-bond acceptors (Lipinski definition) is 1. The molecule has 1 aromatic carbocycles. The molecule has 1 aromatic heterocycles. The summed E-state index contributed by atoms with van der Waals surface area (Å²) in [7, 11) is 1.72. The fraction of sp³-hybridized carbons (Fsp3) is 0.500. The number of rotatable bonds is 3. The molecule has 2 aliphatic rings. The van der Waals surface area contributed by atoms with Crippen LogP contribution in [0.2, 0.25) is 0 Å². The highest BCUT2D eigenvalue weighted by atomic mass is 19.4. The van der Waals surface area contributed by atoms with Gasteiger partial charge in [0.2, 0.25) is 0 Å². The van der Waals surface area contributed by atoms with Gasteiger partial charge in [0.15, 0.2) is 0 Å². The van der Waals surface area contributed by atoms with Crippen LogP contribution in [0.4, 0.5) is 13.2 Å². The first-order valence-electron chi connectivity index (χ1n) is 8.38. The Morgan fingerprint density at radius 2 is 1.71 bits per heavy atom. The van der Waals surface area contributed by atoms with E-state index in [1.807, 2.05) is 0 Å². The van der Waals surface area contributed by atoms with Gasteiger partial charge in [-0.25, -0.2) is 4.68 Å². The molecule has 6 heteroatoms. The fourth-order valence-electron chi connectivity index (χ4n) is 3.73. The molecular formula is C18H19F3N2O. The molecule has 4 rings (SSSR count). The molecule has 0 radical (unpaired) electrons. The lowest BCUT2D eigenvalue weighted by molar-refractivity contribution is -0.137. The lowest BCUT2D eigenvalue weighted by atomic mass is 9.81. The molecule has 1 heterocycles. The molecule has 24 heavy (non-hydrogen) atoms. The number of nitrogens with zero attached hydrogens (tertiary/aromatic N) is 2. The third kappa shape index (κ3) is 2.31. The van der Waals surface area contributed by atoms with Gasteiger partial charge in [-0.1, -0.05) is 18.6 Å². The van der Waals surface area contributed by atoms with Crippen LogP contribution >= 0.6 is 0 Å². The van der Waals surface area contributed by atoms with Crippen molar-refractivity contribution in [3.05, 3.63) is 51.4 Å². The first kappa shape index (κ1) is 15.5. The van der Waals surface area contributed by atoms with Gasteiger partial charge in [0.25, 0.3) is 5.56 Å². The van der Waals surface area contributed by atoms with Crippen LogP contribution < -0.4 is 5.56 Å². The predicted molar refractivity (Wildman–Crippen MR) is 84.6 cm³/mol. The van der Waals surface area contributed by atoms with E-state index in [4.69, 9.17) is 0 Å². The smallest absolute Gasteiger partial charge is 0.284 e. The second-order valence-corrected chi connectivity index (χ2v) is 6.86. The molecule has 3 nitrogen and oxygen atoms in total. The minimum atomic E-state index is -4.49. The quantitative estimate of drug-likeness (QED) is 0.819. The summed E-state index contributed by atoms with van der Waals surface area (Å²) in [5.74, 6) is 0.524. The van der Waals surface area contributed by atoms with Crippen LogP contribution in [0.25, 0.3) is 5.69 Å². The highest BCUT2D eigenvalue weighted by Crippen LogP contribution is 2.46. The Morgan fingerprint density at radius 1 is 1.04 bits per heavy atom. The zero-order chi connectivity index (χ0) is 17.1. The van der Waals surface area contributed by atoms with E-state index in [0.29, 0.717) is 5.92 Å². The second-order valence-electron chi connectivity index (χ2n) is 6.86. The molecule has 2 saturated carbocycles. The molecule has 128 valence electrons. The Kier molecular flexibility index (Phi) is 3.41. The van der Waals surface area contributed by atoms with E-state index in [1.54, 1.807) is 17.8 Å². The van der Waals surface area contributed by atoms with Gasteiger partial charge in [-0.05, 0) is 43.7 Å². The van der Waals surface area contributed by atoms with E-state index in [9.17, 15) is 18.0 Å². The van der Waals surface area contributed by atoms with Crippen LogP contribution in [-0.2, 0) is 13.2 Å². The maximum Gasteiger partial charge on any atom is 0.418 e. The van der Waals surface area contributed by atoms with Crippen LogP contribution in [0.15, 0.2) is 29.1 Å². The summed E-state index contributed by atoms with van der Waals surface area (Å²) in [6.45, 7) is 0. The Morgan fingerprint density at radius 3 is 2.25 bits per heavy atom. The molecule has 0 N–H and O–H groups in total. The first-order chi connectivity index (χ1) is 11.4. The third-order valence-corrected chi connectivity index (χ3v) is 5.26. The van der Waals surface area contributed by atoms with E-state index in [0.717, 1.165) is 49.4 Å². The average molecular weight is 336 g/mol. The minimum absolute atomic E-state index is 0.0787. The van der Waals surface area contributed by atoms with Crippen LogP contribution in [-0.4, -0.2) is 9.36 Å². The molecule has 2 aliphatic carbocycles. The van der Waals surface area contributed by atoms with Gasteiger partial charge >= 0.3 is 6.18 Å². The van der Waals surface area contributed by atoms with Gasteiger partial charge in [0.05, 0.1) is 11.3 Å². The lowest BCUT2D eigenvalue weighted by Crippen LogP contribution is -2.24. The van der Waals surface area contributed by atoms with Crippen LogP contribution in [0, 0.1) is 0 Å². The SMILES string of the molecule is Cn1c(C2CCC2)c(C2CC2)c(=O)n1-c1ccccc1C(F)(F)F. The Bertz CT molecular complexity index is 839. The molecule has 0 spiro atoms. The number of aromatic nitrogens is 2. The van der Waals surface area contributed by atoms with Crippen LogP contribution in [0.5, 0.6) is 0 Å². The summed E-state index contributed by atoms with van der Waals surface area (Å²) < 4.78 is 43.1. The van der Waals surface area contributed by atoms with Crippen molar-refractivity contribution < 1.29 is 13.2 Å². The van der Waals surface area contributed by atoms with Crippen molar-refractivity contribution >= 4 is 0 Å². The third-order valence-electron chi connectivity index (χ3n) is 5.26. The largest absolute Gasteiger partial charge is 0.418 e. The van der Waals surface area contributed by atoms with Crippen LogP contribution in [0.3, 0.4) is 0 Å². The number of hydrogen-bond donors (Lipinski definition) is 0. The number of para-hydroxylation sites is 1. The molecule has 0 amide bonds. The van der Waals surface area contributed by atoms with Gasteiger partial charge in [0.1, 0.15) is 0 Å². The van der Waals surface area contributed by atoms with Gasteiger partial charge in [-0.15, -0.1) is 0 Å².